The second kappa shape index (κ2) is 3.65. The quantitative estimate of drug-likeness (QED) is 0.756. The van der Waals surface area contributed by atoms with Gasteiger partial charge in [0.25, 0.3) is 0 Å². The molecule has 0 bridgehead atoms. The van der Waals surface area contributed by atoms with E-state index in [9.17, 15) is 0 Å². The number of nitrogens with zero attached hydrogens (tertiary/aromatic N) is 1. The minimum absolute atomic E-state index is 0.0275. The lowest BCUT2D eigenvalue weighted by atomic mass is 10.1. The van der Waals surface area contributed by atoms with Crippen LogP contribution in [0.4, 0.5) is 0 Å². The molecule has 1 aromatic rings. The Morgan fingerprint density at radius 2 is 2.06 bits per heavy atom. The maximum atomic E-state index is 6.18. The number of pyridine rings is 1. The van der Waals surface area contributed by atoms with E-state index in [4.69, 9.17) is 4.43 Å². The molecule has 1 N–H and O–H groups in total. The van der Waals surface area contributed by atoms with Gasteiger partial charge in [-0.2, -0.15) is 0 Å². The van der Waals surface area contributed by atoms with Crippen LogP contribution in [-0.4, -0.2) is 18.8 Å². The van der Waals surface area contributed by atoms with E-state index in [1.165, 1.54) is 10.8 Å². The molecule has 0 fully saturated rings. The summed E-state index contributed by atoms with van der Waals surface area (Å²) in [6, 6.07) is 2.07. The molecule has 0 radical (unpaired) electrons. The summed E-state index contributed by atoms with van der Waals surface area (Å²) >= 11 is 0. The van der Waals surface area contributed by atoms with Crippen LogP contribution in [0.1, 0.15) is 32.6 Å². The zero-order valence-corrected chi connectivity index (χ0v) is 11.7. The van der Waals surface area contributed by atoms with Crippen LogP contribution in [-0.2, 0) is 4.43 Å². The van der Waals surface area contributed by atoms with E-state index in [2.05, 4.69) is 50.2 Å². The predicted molar refractivity (Wildman–Crippen MR) is 68.1 cm³/mol. The fraction of sp³-hybridized carbons (Fsp3) is 0.583. The highest BCUT2D eigenvalue weighted by molar-refractivity contribution is 6.85. The third kappa shape index (κ3) is 2.19. The maximum Gasteiger partial charge on any atom is 0.222 e. The van der Waals surface area contributed by atoms with E-state index in [0.29, 0.717) is 0 Å². The van der Waals surface area contributed by atoms with Gasteiger partial charge in [0.05, 0.1) is 0 Å². The standard InChI is InChI=1S/C12H20N2OSi/c1-12(2,3)14-11-9-6-7-13-8-10(9)16(4,5)15-11/h6-8,11,14H,1-5H3. The molecule has 0 aromatic carbocycles. The Bertz CT molecular complexity index is 396. The summed E-state index contributed by atoms with van der Waals surface area (Å²) in [6.45, 7) is 10.9. The zero-order valence-electron chi connectivity index (χ0n) is 10.7. The van der Waals surface area contributed by atoms with Crippen molar-refractivity contribution in [3.05, 3.63) is 24.0 Å². The lowest BCUT2D eigenvalue weighted by Crippen LogP contribution is -2.42. The number of nitrogens with one attached hydrogen (secondary N) is 1. The summed E-state index contributed by atoms with van der Waals surface area (Å²) < 4.78 is 6.18. The molecule has 1 atom stereocenters. The molecule has 0 spiro atoms. The first kappa shape index (κ1) is 11.8. The van der Waals surface area contributed by atoms with Gasteiger partial charge in [-0.05, 0) is 50.7 Å². The second-order valence-electron chi connectivity index (χ2n) is 5.87. The highest BCUT2D eigenvalue weighted by atomic mass is 28.4. The van der Waals surface area contributed by atoms with Gasteiger partial charge in [0.1, 0.15) is 6.23 Å². The Morgan fingerprint density at radius 3 is 2.69 bits per heavy atom. The average molecular weight is 236 g/mol. The molecule has 0 amide bonds. The molecule has 3 nitrogen and oxygen atoms in total. The molecule has 1 aromatic heterocycles. The smallest absolute Gasteiger partial charge is 0.222 e. The van der Waals surface area contributed by atoms with Crippen molar-refractivity contribution in [2.24, 2.45) is 0 Å². The van der Waals surface area contributed by atoms with Gasteiger partial charge in [0.2, 0.25) is 8.32 Å². The molecular formula is C12H20N2OSi. The normalized spacial score (nSPS) is 23.2. The number of hydrogen-bond acceptors (Lipinski definition) is 3. The van der Waals surface area contributed by atoms with Crippen LogP contribution in [0.3, 0.4) is 0 Å². The number of fused-ring (bicyclic) bond motifs is 1. The van der Waals surface area contributed by atoms with E-state index in [1.54, 1.807) is 0 Å². The third-order valence-corrected chi connectivity index (χ3v) is 5.30. The van der Waals surface area contributed by atoms with Crippen molar-refractivity contribution in [3.8, 4) is 0 Å². The van der Waals surface area contributed by atoms with Gasteiger partial charge >= 0.3 is 0 Å². The lowest BCUT2D eigenvalue weighted by Gasteiger charge is -2.27. The highest BCUT2D eigenvalue weighted by Gasteiger charge is 2.41. The van der Waals surface area contributed by atoms with Gasteiger partial charge in [0.15, 0.2) is 0 Å². The first-order valence-electron chi connectivity index (χ1n) is 5.69. The van der Waals surface area contributed by atoms with E-state index in [-0.39, 0.29) is 11.8 Å². The predicted octanol–water partition coefficient (Wildman–Crippen LogP) is 1.91. The van der Waals surface area contributed by atoms with E-state index in [1.807, 2.05) is 12.4 Å². The van der Waals surface area contributed by atoms with Gasteiger partial charge in [-0.15, -0.1) is 0 Å². The molecule has 2 rings (SSSR count). The Kier molecular flexibility index (Phi) is 2.68. The molecule has 0 saturated heterocycles. The molecule has 0 aliphatic carbocycles. The van der Waals surface area contributed by atoms with E-state index in [0.717, 1.165) is 0 Å². The summed E-state index contributed by atoms with van der Waals surface area (Å²) in [5, 5.41) is 4.83. The lowest BCUT2D eigenvalue weighted by molar-refractivity contribution is 0.138. The summed E-state index contributed by atoms with van der Waals surface area (Å²) in [5.41, 5.74) is 1.32. The highest BCUT2D eigenvalue weighted by Crippen LogP contribution is 2.28. The van der Waals surface area contributed by atoms with Crippen molar-refractivity contribution in [3.63, 3.8) is 0 Å². The van der Waals surface area contributed by atoms with Crippen LogP contribution in [0.2, 0.25) is 13.1 Å². The van der Waals surface area contributed by atoms with Gasteiger partial charge < -0.3 is 4.43 Å². The Balaban J connectivity index is 2.34. The second-order valence-corrected chi connectivity index (χ2v) is 9.66. The topological polar surface area (TPSA) is 34.1 Å². The first-order chi connectivity index (χ1) is 7.30. The van der Waals surface area contributed by atoms with Crippen LogP contribution in [0.5, 0.6) is 0 Å². The minimum Gasteiger partial charge on any atom is -0.394 e. The largest absolute Gasteiger partial charge is 0.394 e. The molecular weight excluding hydrogens is 216 g/mol. The van der Waals surface area contributed by atoms with Crippen molar-refractivity contribution in [1.29, 1.82) is 0 Å². The molecule has 1 aliphatic heterocycles. The van der Waals surface area contributed by atoms with Crippen molar-refractivity contribution in [1.82, 2.24) is 10.3 Å². The van der Waals surface area contributed by atoms with E-state index >= 15 is 0 Å². The third-order valence-electron chi connectivity index (χ3n) is 2.76. The molecule has 88 valence electrons. The average Bonchev–Trinajstić information content (AvgIpc) is 2.37. The van der Waals surface area contributed by atoms with Crippen molar-refractivity contribution in [2.45, 2.75) is 45.6 Å². The summed E-state index contributed by atoms with van der Waals surface area (Å²) in [7, 11) is -1.75. The van der Waals surface area contributed by atoms with Crippen LogP contribution < -0.4 is 10.5 Å². The number of rotatable bonds is 1. The molecule has 0 saturated carbocycles. The molecule has 4 heteroatoms. The first-order valence-corrected chi connectivity index (χ1v) is 8.60. The molecule has 1 aliphatic rings. The Morgan fingerprint density at radius 1 is 1.38 bits per heavy atom. The summed E-state index contributed by atoms with van der Waals surface area (Å²) in [6.07, 6.45) is 3.83. The number of hydrogen-bond donors (Lipinski definition) is 1. The fourth-order valence-electron chi connectivity index (χ4n) is 2.06. The fourth-order valence-corrected chi connectivity index (χ4v) is 4.26. The Labute approximate surface area is 98.4 Å². The minimum atomic E-state index is -1.75. The molecule has 1 unspecified atom stereocenters. The summed E-state index contributed by atoms with van der Waals surface area (Å²) in [5.74, 6) is 0. The summed E-state index contributed by atoms with van der Waals surface area (Å²) in [4.78, 5) is 4.21. The van der Waals surface area contributed by atoms with Crippen molar-refractivity contribution < 1.29 is 4.43 Å². The molecule has 2 heterocycles. The van der Waals surface area contributed by atoms with Crippen LogP contribution >= 0.6 is 0 Å². The van der Waals surface area contributed by atoms with Crippen molar-refractivity contribution >= 4 is 13.5 Å². The SMILES string of the molecule is CC(C)(C)NC1O[Si](C)(C)c2cnccc21. The zero-order chi connectivity index (χ0) is 12.0. The van der Waals surface area contributed by atoms with Gasteiger partial charge in [-0.25, -0.2) is 0 Å². The molecule has 16 heavy (non-hydrogen) atoms. The van der Waals surface area contributed by atoms with Gasteiger partial charge in [-0.3, -0.25) is 10.3 Å². The van der Waals surface area contributed by atoms with Crippen LogP contribution in [0, 0.1) is 0 Å². The van der Waals surface area contributed by atoms with Crippen LogP contribution in [0.25, 0.3) is 0 Å². The van der Waals surface area contributed by atoms with Crippen molar-refractivity contribution in [2.75, 3.05) is 0 Å². The monoisotopic (exact) mass is 236 g/mol. The number of aromatic nitrogens is 1. The van der Waals surface area contributed by atoms with Gasteiger partial charge in [-0.1, -0.05) is 0 Å². The van der Waals surface area contributed by atoms with Crippen LogP contribution in [0.15, 0.2) is 18.5 Å². The Hall–Kier alpha value is -0.713. The maximum absolute atomic E-state index is 6.18. The van der Waals surface area contributed by atoms with E-state index < -0.39 is 8.32 Å². The van der Waals surface area contributed by atoms with Gasteiger partial charge in [0, 0.05) is 17.9 Å².